The van der Waals surface area contributed by atoms with Gasteiger partial charge in [-0.05, 0) is 29.0 Å². The third-order valence-electron chi connectivity index (χ3n) is 3.44. The average molecular weight is 282 g/mol. The third kappa shape index (κ3) is 2.07. The number of hydrogen-bond donors (Lipinski definition) is 0. The second-order valence-corrected chi connectivity index (χ2v) is 7.03. The van der Waals surface area contributed by atoms with Crippen molar-refractivity contribution in [2.45, 2.75) is 0 Å². The van der Waals surface area contributed by atoms with Crippen LogP contribution in [0.25, 0.3) is 10.8 Å². The molecule has 0 aliphatic heterocycles. The van der Waals surface area contributed by atoms with E-state index < -0.39 is 7.37 Å². The van der Waals surface area contributed by atoms with E-state index in [0.29, 0.717) is 0 Å². The van der Waals surface area contributed by atoms with Gasteiger partial charge in [0, 0.05) is 17.7 Å². The Labute approximate surface area is 118 Å². The normalized spacial score (nSPS) is 14.1. The lowest BCUT2D eigenvalue weighted by Crippen LogP contribution is -2.17. The quantitative estimate of drug-likeness (QED) is 0.684. The fourth-order valence-electron chi connectivity index (χ4n) is 2.43. The summed E-state index contributed by atoms with van der Waals surface area (Å²) >= 11 is 0. The predicted octanol–water partition coefficient (Wildman–Crippen LogP) is 3.72. The van der Waals surface area contributed by atoms with Crippen LogP contribution in [0.5, 0.6) is 0 Å². The van der Waals surface area contributed by atoms with Gasteiger partial charge in [0.1, 0.15) is 0 Å². The van der Waals surface area contributed by atoms with Crippen molar-refractivity contribution in [3.05, 3.63) is 72.8 Å². The standard InChI is InChI=1S/C17H15O2P/c1-19-20(18,15-10-3-2-4-11-15)17-13-7-9-14-8-5-6-12-16(14)17/h2-13H,1H3/t20-/m1/s1. The zero-order chi connectivity index (χ0) is 14.0. The summed E-state index contributed by atoms with van der Waals surface area (Å²) in [6, 6.07) is 23.1. The fourth-order valence-corrected chi connectivity index (χ4v) is 4.49. The van der Waals surface area contributed by atoms with Crippen molar-refractivity contribution >= 4 is 28.8 Å². The van der Waals surface area contributed by atoms with Crippen molar-refractivity contribution in [2.75, 3.05) is 7.11 Å². The highest BCUT2D eigenvalue weighted by molar-refractivity contribution is 7.74. The van der Waals surface area contributed by atoms with E-state index in [4.69, 9.17) is 4.52 Å². The molecule has 0 bridgehead atoms. The smallest absolute Gasteiger partial charge is 0.261 e. The minimum Gasteiger partial charge on any atom is -0.325 e. The van der Waals surface area contributed by atoms with E-state index >= 15 is 0 Å². The van der Waals surface area contributed by atoms with Crippen LogP contribution in [0.4, 0.5) is 0 Å². The first-order valence-corrected chi connectivity index (χ1v) is 8.08. The molecule has 0 aliphatic rings. The average Bonchev–Trinajstić information content (AvgIpc) is 2.54. The number of fused-ring (bicyclic) bond motifs is 1. The first kappa shape index (κ1) is 13.1. The lowest BCUT2D eigenvalue weighted by molar-refractivity contribution is 0.412. The Balaban J connectivity index is 2.30. The minimum atomic E-state index is -3.05. The van der Waals surface area contributed by atoms with Crippen molar-refractivity contribution in [3.63, 3.8) is 0 Å². The van der Waals surface area contributed by atoms with Gasteiger partial charge < -0.3 is 4.52 Å². The van der Waals surface area contributed by atoms with Crippen LogP contribution in [0.1, 0.15) is 0 Å². The second kappa shape index (κ2) is 5.24. The van der Waals surface area contributed by atoms with Crippen molar-refractivity contribution < 1.29 is 9.09 Å². The highest BCUT2D eigenvalue weighted by Gasteiger charge is 2.28. The molecular formula is C17H15O2P. The summed E-state index contributed by atoms with van der Waals surface area (Å²) < 4.78 is 18.9. The molecule has 0 amide bonds. The van der Waals surface area contributed by atoms with Gasteiger partial charge in [-0.2, -0.15) is 0 Å². The lowest BCUT2D eigenvalue weighted by Gasteiger charge is -2.18. The van der Waals surface area contributed by atoms with Crippen LogP contribution in [0, 0.1) is 0 Å². The van der Waals surface area contributed by atoms with Gasteiger partial charge in [0.2, 0.25) is 0 Å². The molecule has 0 aromatic heterocycles. The van der Waals surface area contributed by atoms with E-state index in [1.807, 2.05) is 72.8 Å². The summed E-state index contributed by atoms with van der Waals surface area (Å²) in [5.41, 5.74) is 0. The van der Waals surface area contributed by atoms with Crippen LogP contribution in [-0.2, 0) is 9.09 Å². The van der Waals surface area contributed by atoms with Gasteiger partial charge in [-0.1, -0.05) is 54.6 Å². The largest absolute Gasteiger partial charge is 0.325 e. The molecule has 0 saturated heterocycles. The summed E-state index contributed by atoms with van der Waals surface area (Å²) in [5, 5.41) is 3.52. The maximum atomic E-state index is 13.4. The van der Waals surface area contributed by atoms with Gasteiger partial charge in [0.05, 0.1) is 0 Å². The molecule has 3 aromatic rings. The third-order valence-corrected chi connectivity index (χ3v) is 5.95. The van der Waals surface area contributed by atoms with Crippen LogP contribution in [-0.4, -0.2) is 7.11 Å². The monoisotopic (exact) mass is 282 g/mol. The predicted molar refractivity (Wildman–Crippen MR) is 84.3 cm³/mol. The van der Waals surface area contributed by atoms with Crippen molar-refractivity contribution in [1.82, 2.24) is 0 Å². The van der Waals surface area contributed by atoms with E-state index in [2.05, 4.69) is 0 Å². The Morgan fingerprint density at radius 1 is 0.800 bits per heavy atom. The van der Waals surface area contributed by atoms with Crippen LogP contribution < -0.4 is 10.6 Å². The van der Waals surface area contributed by atoms with Gasteiger partial charge in [-0.15, -0.1) is 0 Å². The molecule has 3 heteroatoms. The van der Waals surface area contributed by atoms with E-state index in [1.165, 1.54) is 7.11 Å². The zero-order valence-electron chi connectivity index (χ0n) is 11.2. The molecule has 0 heterocycles. The molecule has 0 radical (unpaired) electrons. The molecule has 0 saturated carbocycles. The van der Waals surface area contributed by atoms with Crippen molar-refractivity contribution in [1.29, 1.82) is 0 Å². The maximum absolute atomic E-state index is 13.4. The molecule has 0 fully saturated rings. The molecule has 100 valence electrons. The molecule has 0 unspecified atom stereocenters. The first-order valence-electron chi connectivity index (χ1n) is 6.45. The van der Waals surface area contributed by atoms with Crippen LogP contribution >= 0.6 is 7.37 Å². The lowest BCUT2D eigenvalue weighted by atomic mass is 10.1. The second-order valence-electron chi connectivity index (χ2n) is 4.57. The fraction of sp³-hybridized carbons (Fsp3) is 0.0588. The van der Waals surface area contributed by atoms with E-state index in [0.717, 1.165) is 21.4 Å². The number of rotatable bonds is 3. The van der Waals surface area contributed by atoms with Crippen LogP contribution in [0.2, 0.25) is 0 Å². The minimum absolute atomic E-state index is 0.721. The Morgan fingerprint density at radius 2 is 1.45 bits per heavy atom. The number of benzene rings is 3. The summed E-state index contributed by atoms with van der Waals surface area (Å²) in [7, 11) is -1.54. The van der Waals surface area contributed by atoms with Gasteiger partial charge in [0.25, 0.3) is 7.37 Å². The summed E-state index contributed by atoms with van der Waals surface area (Å²) in [6.07, 6.45) is 0. The molecule has 1 atom stereocenters. The van der Waals surface area contributed by atoms with Gasteiger partial charge in [0.15, 0.2) is 0 Å². The van der Waals surface area contributed by atoms with E-state index in [1.54, 1.807) is 0 Å². The summed E-state index contributed by atoms with van der Waals surface area (Å²) in [4.78, 5) is 0. The SMILES string of the molecule is CO[P@](=O)(c1ccccc1)c1cccc2ccccc12. The Kier molecular flexibility index (Phi) is 3.43. The first-order chi connectivity index (χ1) is 9.75. The maximum Gasteiger partial charge on any atom is 0.261 e. The van der Waals surface area contributed by atoms with Gasteiger partial charge in [-0.25, -0.2) is 0 Å². The molecule has 2 nitrogen and oxygen atoms in total. The van der Waals surface area contributed by atoms with Crippen molar-refractivity contribution in [3.8, 4) is 0 Å². The van der Waals surface area contributed by atoms with Gasteiger partial charge >= 0.3 is 0 Å². The molecule has 20 heavy (non-hydrogen) atoms. The Bertz CT molecular complexity index is 776. The molecule has 3 rings (SSSR count). The van der Waals surface area contributed by atoms with Gasteiger partial charge in [-0.3, -0.25) is 4.57 Å². The summed E-state index contributed by atoms with van der Waals surface area (Å²) in [5.74, 6) is 0. The molecule has 0 N–H and O–H groups in total. The highest BCUT2D eigenvalue weighted by atomic mass is 31.2. The Hall–Kier alpha value is -1.89. The molecule has 3 aromatic carbocycles. The number of hydrogen-bond acceptors (Lipinski definition) is 2. The Morgan fingerprint density at radius 3 is 2.20 bits per heavy atom. The highest BCUT2D eigenvalue weighted by Crippen LogP contribution is 2.45. The van der Waals surface area contributed by atoms with Crippen LogP contribution in [0.3, 0.4) is 0 Å². The van der Waals surface area contributed by atoms with E-state index in [9.17, 15) is 4.57 Å². The van der Waals surface area contributed by atoms with Crippen molar-refractivity contribution in [2.24, 2.45) is 0 Å². The molecule has 0 spiro atoms. The summed E-state index contributed by atoms with van der Waals surface area (Å²) in [6.45, 7) is 0. The topological polar surface area (TPSA) is 26.3 Å². The zero-order valence-corrected chi connectivity index (χ0v) is 12.1. The van der Waals surface area contributed by atoms with E-state index in [-0.39, 0.29) is 0 Å². The van der Waals surface area contributed by atoms with Crippen LogP contribution in [0.15, 0.2) is 72.8 Å². The molecule has 0 aliphatic carbocycles. The molecular weight excluding hydrogens is 267 g/mol.